The number of rotatable bonds is 5. The predicted octanol–water partition coefficient (Wildman–Crippen LogP) is 3.78. The van der Waals surface area contributed by atoms with E-state index in [1.54, 1.807) is 18.5 Å². The molecule has 0 unspecified atom stereocenters. The Hall–Kier alpha value is -1.58. The molecule has 0 radical (unpaired) electrons. The molecular weight excluding hydrogens is 260 g/mol. The Balaban J connectivity index is 1.67. The molecule has 19 heavy (non-hydrogen) atoms. The largest absolute Gasteiger partial charge is 0.456 e. The van der Waals surface area contributed by atoms with E-state index >= 15 is 0 Å². The molecule has 1 aromatic heterocycles. The van der Waals surface area contributed by atoms with Crippen LogP contribution < -0.4 is 10.1 Å². The first kappa shape index (κ1) is 12.5. The molecule has 0 saturated heterocycles. The first-order chi connectivity index (χ1) is 9.29. The molecule has 2 aromatic rings. The molecule has 4 heteroatoms. The lowest BCUT2D eigenvalue weighted by molar-refractivity contribution is 0.479. The Morgan fingerprint density at radius 1 is 1.21 bits per heavy atom. The van der Waals surface area contributed by atoms with Gasteiger partial charge in [-0.05, 0) is 30.5 Å². The molecule has 3 nitrogen and oxygen atoms in total. The summed E-state index contributed by atoms with van der Waals surface area (Å²) in [5, 5.41) is 4.06. The number of hydrogen-bond acceptors (Lipinski definition) is 3. The lowest BCUT2D eigenvalue weighted by Crippen LogP contribution is -2.15. The minimum absolute atomic E-state index is 0.573. The zero-order valence-electron chi connectivity index (χ0n) is 10.5. The van der Waals surface area contributed by atoms with Crippen LogP contribution in [0.4, 0.5) is 0 Å². The van der Waals surface area contributed by atoms with Gasteiger partial charge in [0.2, 0.25) is 0 Å². The fraction of sp³-hybridized carbons (Fsp3) is 0.267. The van der Waals surface area contributed by atoms with E-state index in [9.17, 15) is 0 Å². The average molecular weight is 275 g/mol. The maximum Gasteiger partial charge on any atom is 0.147 e. The van der Waals surface area contributed by atoms with Crippen molar-refractivity contribution in [1.29, 1.82) is 0 Å². The summed E-state index contributed by atoms with van der Waals surface area (Å²) in [6.45, 7) is 0.885. The molecule has 1 aromatic carbocycles. The summed E-state index contributed by atoms with van der Waals surface area (Å²) in [7, 11) is 0. The summed E-state index contributed by atoms with van der Waals surface area (Å²) in [5.41, 5.74) is 1.22. The third kappa shape index (κ3) is 3.69. The van der Waals surface area contributed by atoms with Gasteiger partial charge in [-0.25, -0.2) is 0 Å². The molecule has 0 spiro atoms. The van der Waals surface area contributed by atoms with E-state index in [1.165, 1.54) is 18.4 Å². The average Bonchev–Trinajstić information content (AvgIpc) is 3.21. The van der Waals surface area contributed by atoms with Crippen molar-refractivity contribution in [3.63, 3.8) is 0 Å². The highest BCUT2D eigenvalue weighted by Crippen LogP contribution is 2.24. The standard InChI is InChI=1S/C15H15ClN2O/c16-12-7-15(10-17-9-12)19-14-3-1-2-11(6-14)8-18-13-4-5-13/h1-3,6-7,9-10,13,18H,4-5,8H2. The van der Waals surface area contributed by atoms with Gasteiger partial charge in [0.15, 0.2) is 0 Å². The van der Waals surface area contributed by atoms with Crippen molar-refractivity contribution in [3.05, 3.63) is 53.3 Å². The smallest absolute Gasteiger partial charge is 0.147 e. The molecule has 0 atom stereocenters. The Morgan fingerprint density at radius 2 is 2.11 bits per heavy atom. The van der Waals surface area contributed by atoms with Crippen molar-refractivity contribution in [2.45, 2.75) is 25.4 Å². The van der Waals surface area contributed by atoms with Crippen LogP contribution in [0.25, 0.3) is 0 Å². The molecule has 1 heterocycles. The van der Waals surface area contributed by atoms with E-state index in [1.807, 2.05) is 18.2 Å². The minimum atomic E-state index is 0.573. The molecule has 0 amide bonds. The molecule has 1 fully saturated rings. The van der Waals surface area contributed by atoms with Crippen LogP contribution in [0.2, 0.25) is 5.02 Å². The first-order valence-corrected chi connectivity index (χ1v) is 6.78. The van der Waals surface area contributed by atoms with Crippen LogP contribution in [0.15, 0.2) is 42.7 Å². The van der Waals surface area contributed by atoms with Gasteiger partial charge in [-0.1, -0.05) is 23.7 Å². The van der Waals surface area contributed by atoms with Gasteiger partial charge in [0.25, 0.3) is 0 Å². The van der Waals surface area contributed by atoms with Gasteiger partial charge in [-0.3, -0.25) is 4.98 Å². The van der Waals surface area contributed by atoms with Crippen molar-refractivity contribution in [3.8, 4) is 11.5 Å². The summed E-state index contributed by atoms with van der Waals surface area (Å²) < 4.78 is 5.75. The molecule has 1 saturated carbocycles. The zero-order chi connectivity index (χ0) is 13.1. The highest BCUT2D eigenvalue weighted by atomic mass is 35.5. The normalized spacial score (nSPS) is 14.4. The highest BCUT2D eigenvalue weighted by molar-refractivity contribution is 6.30. The Bertz CT molecular complexity index is 570. The second-order valence-electron chi connectivity index (χ2n) is 4.74. The molecule has 1 N–H and O–H groups in total. The first-order valence-electron chi connectivity index (χ1n) is 6.40. The van der Waals surface area contributed by atoms with Crippen molar-refractivity contribution in [2.24, 2.45) is 0 Å². The molecule has 0 aliphatic heterocycles. The lowest BCUT2D eigenvalue weighted by Gasteiger charge is -2.08. The van der Waals surface area contributed by atoms with Crippen molar-refractivity contribution in [1.82, 2.24) is 10.3 Å². The Kier molecular flexibility index (Phi) is 3.67. The lowest BCUT2D eigenvalue weighted by atomic mass is 10.2. The van der Waals surface area contributed by atoms with Crippen LogP contribution in [-0.4, -0.2) is 11.0 Å². The van der Waals surface area contributed by atoms with E-state index in [2.05, 4.69) is 16.4 Å². The molecule has 3 rings (SSSR count). The number of nitrogens with one attached hydrogen (secondary N) is 1. The Morgan fingerprint density at radius 3 is 2.89 bits per heavy atom. The molecular formula is C15H15ClN2O. The number of aromatic nitrogens is 1. The van der Waals surface area contributed by atoms with Gasteiger partial charge in [0.1, 0.15) is 11.5 Å². The quantitative estimate of drug-likeness (QED) is 0.901. The van der Waals surface area contributed by atoms with Crippen LogP contribution in [0.1, 0.15) is 18.4 Å². The van der Waals surface area contributed by atoms with Gasteiger partial charge in [0, 0.05) is 24.8 Å². The van der Waals surface area contributed by atoms with Crippen LogP contribution in [0, 0.1) is 0 Å². The summed E-state index contributed by atoms with van der Waals surface area (Å²) in [6, 6.07) is 10.5. The summed E-state index contributed by atoms with van der Waals surface area (Å²) in [6.07, 6.45) is 5.83. The van der Waals surface area contributed by atoms with E-state index in [4.69, 9.17) is 16.3 Å². The number of benzene rings is 1. The van der Waals surface area contributed by atoms with Crippen LogP contribution in [0.3, 0.4) is 0 Å². The van der Waals surface area contributed by atoms with Gasteiger partial charge in [0.05, 0.1) is 11.2 Å². The van der Waals surface area contributed by atoms with Crippen LogP contribution in [0.5, 0.6) is 11.5 Å². The van der Waals surface area contributed by atoms with Gasteiger partial charge in [-0.2, -0.15) is 0 Å². The Labute approximate surface area is 117 Å². The van der Waals surface area contributed by atoms with Gasteiger partial charge >= 0.3 is 0 Å². The van der Waals surface area contributed by atoms with E-state index in [0.717, 1.165) is 12.3 Å². The van der Waals surface area contributed by atoms with Crippen molar-refractivity contribution >= 4 is 11.6 Å². The fourth-order valence-electron chi connectivity index (χ4n) is 1.85. The van der Waals surface area contributed by atoms with E-state index < -0.39 is 0 Å². The zero-order valence-corrected chi connectivity index (χ0v) is 11.2. The molecule has 98 valence electrons. The maximum absolute atomic E-state index is 5.88. The second kappa shape index (κ2) is 5.59. The van der Waals surface area contributed by atoms with Gasteiger partial charge < -0.3 is 10.1 Å². The third-order valence-electron chi connectivity index (χ3n) is 2.99. The monoisotopic (exact) mass is 274 g/mol. The fourth-order valence-corrected chi connectivity index (χ4v) is 2.02. The van der Waals surface area contributed by atoms with E-state index in [-0.39, 0.29) is 0 Å². The van der Waals surface area contributed by atoms with Crippen molar-refractivity contribution in [2.75, 3.05) is 0 Å². The summed E-state index contributed by atoms with van der Waals surface area (Å²) in [5.74, 6) is 1.46. The second-order valence-corrected chi connectivity index (χ2v) is 5.18. The van der Waals surface area contributed by atoms with Crippen LogP contribution >= 0.6 is 11.6 Å². The molecule has 1 aliphatic rings. The number of nitrogens with zero attached hydrogens (tertiary/aromatic N) is 1. The maximum atomic E-state index is 5.88. The predicted molar refractivity (Wildman–Crippen MR) is 75.6 cm³/mol. The summed E-state index contributed by atoms with van der Waals surface area (Å²) in [4.78, 5) is 4.00. The number of pyridine rings is 1. The summed E-state index contributed by atoms with van der Waals surface area (Å²) >= 11 is 5.88. The SMILES string of the molecule is Clc1cncc(Oc2cccc(CNC3CC3)c2)c1. The van der Waals surface area contributed by atoms with E-state index in [0.29, 0.717) is 16.8 Å². The molecule has 0 bridgehead atoms. The van der Waals surface area contributed by atoms with Gasteiger partial charge in [-0.15, -0.1) is 0 Å². The molecule has 1 aliphatic carbocycles. The number of ether oxygens (including phenoxy) is 1. The van der Waals surface area contributed by atoms with Crippen LogP contribution in [-0.2, 0) is 6.54 Å². The van der Waals surface area contributed by atoms with Crippen molar-refractivity contribution < 1.29 is 4.74 Å². The minimum Gasteiger partial charge on any atom is -0.456 e. The number of hydrogen-bond donors (Lipinski definition) is 1. The topological polar surface area (TPSA) is 34.1 Å². The third-order valence-corrected chi connectivity index (χ3v) is 3.19. The highest BCUT2D eigenvalue weighted by Gasteiger charge is 2.19. The number of halogens is 1.